The van der Waals surface area contributed by atoms with E-state index >= 15 is 0 Å². The van der Waals surface area contributed by atoms with Gasteiger partial charge in [0, 0.05) is 0 Å². The van der Waals surface area contributed by atoms with Gasteiger partial charge in [-0.05, 0) is 34.9 Å². The molecule has 3 rings (SSSR count). The van der Waals surface area contributed by atoms with Crippen LogP contribution in [0, 0.1) is 0 Å². The monoisotopic (exact) mass is 298 g/mol. The Labute approximate surface area is 126 Å². The van der Waals surface area contributed by atoms with Crippen LogP contribution in [0.15, 0.2) is 54.6 Å². The third kappa shape index (κ3) is 3.27. The van der Waals surface area contributed by atoms with Crippen LogP contribution in [-0.4, -0.2) is 15.0 Å². The highest BCUT2D eigenvalue weighted by Gasteiger charge is 2.05. The molecule has 0 bridgehead atoms. The summed E-state index contributed by atoms with van der Waals surface area (Å²) in [6.45, 7) is 0. The van der Waals surface area contributed by atoms with Crippen LogP contribution in [-0.2, 0) is 0 Å². The molecule has 0 fully saturated rings. The second-order valence-corrected chi connectivity index (χ2v) is 4.58. The summed E-state index contributed by atoms with van der Waals surface area (Å²) in [5, 5.41) is -0.00148. The van der Waals surface area contributed by atoms with Gasteiger partial charge in [0.25, 0.3) is 0 Å². The number of nitrogen functional groups attached to an aromatic ring is 1. The van der Waals surface area contributed by atoms with Gasteiger partial charge in [-0.1, -0.05) is 42.5 Å². The molecule has 0 saturated heterocycles. The van der Waals surface area contributed by atoms with Crippen LogP contribution >= 0.6 is 11.6 Å². The standard InChI is InChI=1S/C15H11ClN4O/c16-13-18-14(17)20-15(19-13)21-12-8-6-11(7-9-12)10-4-2-1-3-5-10/h1-9H,(H2,17,18,19,20). The van der Waals surface area contributed by atoms with Crippen LogP contribution < -0.4 is 10.5 Å². The Morgan fingerprint density at radius 3 is 2.14 bits per heavy atom. The Kier molecular flexibility index (Phi) is 3.66. The minimum Gasteiger partial charge on any atom is -0.424 e. The van der Waals surface area contributed by atoms with Crippen molar-refractivity contribution in [2.75, 3.05) is 5.73 Å². The van der Waals surface area contributed by atoms with Gasteiger partial charge in [0.1, 0.15) is 5.75 Å². The zero-order valence-corrected chi connectivity index (χ0v) is 11.7. The maximum Gasteiger partial charge on any atom is 0.328 e. The highest BCUT2D eigenvalue weighted by atomic mass is 35.5. The molecule has 0 aliphatic carbocycles. The summed E-state index contributed by atoms with van der Waals surface area (Å²) >= 11 is 5.70. The molecule has 0 saturated carbocycles. The van der Waals surface area contributed by atoms with E-state index in [4.69, 9.17) is 22.1 Å². The summed E-state index contributed by atoms with van der Waals surface area (Å²) in [6, 6.07) is 17.7. The zero-order valence-electron chi connectivity index (χ0n) is 10.9. The van der Waals surface area contributed by atoms with Gasteiger partial charge in [-0.2, -0.15) is 15.0 Å². The van der Waals surface area contributed by atoms with Gasteiger partial charge in [0.05, 0.1) is 0 Å². The number of hydrogen-bond acceptors (Lipinski definition) is 5. The average molecular weight is 299 g/mol. The van der Waals surface area contributed by atoms with E-state index in [1.165, 1.54) is 0 Å². The minimum absolute atomic E-state index is 0.00148. The van der Waals surface area contributed by atoms with E-state index in [1.807, 2.05) is 54.6 Å². The first kappa shape index (κ1) is 13.3. The first-order valence-electron chi connectivity index (χ1n) is 6.21. The van der Waals surface area contributed by atoms with Gasteiger partial charge >= 0.3 is 6.01 Å². The van der Waals surface area contributed by atoms with Crippen LogP contribution in [0.25, 0.3) is 11.1 Å². The maximum atomic E-state index is 5.70. The molecule has 0 radical (unpaired) electrons. The predicted octanol–water partition coefficient (Wildman–Crippen LogP) is 3.57. The number of rotatable bonds is 3. The second-order valence-electron chi connectivity index (χ2n) is 4.24. The lowest BCUT2D eigenvalue weighted by atomic mass is 10.1. The van der Waals surface area contributed by atoms with Crippen LogP contribution in [0.4, 0.5) is 5.95 Å². The van der Waals surface area contributed by atoms with E-state index in [0.717, 1.165) is 11.1 Å². The molecule has 0 unspecified atom stereocenters. The van der Waals surface area contributed by atoms with Crippen LogP contribution in [0.5, 0.6) is 11.8 Å². The van der Waals surface area contributed by atoms with Gasteiger partial charge in [0.2, 0.25) is 11.2 Å². The van der Waals surface area contributed by atoms with Crippen molar-refractivity contribution in [2.24, 2.45) is 0 Å². The van der Waals surface area contributed by atoms with E-state index in [1.54, 1.807) is 0 Å². The molecular weight excluding hydrogens is 288 g/mol. The third-order valence-electron chi connectivity index (χ3n) is 2.78. The van der Waals surface area contributed by atoms with Gasteiger partial charge < -0.3 is 10.5 Å². The number of hydrogen-bond donors (Lipinski definition) is 1. The van der Waals surface area contributed by atoms with E-state index in [-0.39, 0.29) is 17.2 Å². The van der Waals surface area contributed by atoms with Crippen molar-refractivity contribution < 1.29 is 4.74 Å². The fourth-order valence-electron chi connectivity index (χ4n) is 1.84. The quantitative estimate of drug-likeness (QED) is 0.800. The van der Waals surface area contributed by atoms with E-state index in [9.17, 15) is 0 Å². The van der Waals surface area contributed by atoms with Crippen LogP contribution in [0.3, 0.4) is 0 Å². The summed E-state index contributed by atoms with van der Waals surface area (Å²) in [5.74, 6) is 0.613. The van der Waals surface area contributed by atoms with Crippen molar-refractivity contribution in [3.63, 3.8) is 0 Å². The summed E-state index contributed by atoms with van der Waals surface area (Å²) < 4.78 is 5.50. The largest absolute Gasteiger partial charge is 0.424 e. The first-order valence-corrected chi connectivity index (χ1v) is 6.59. The normalized spacial score (nSPS) is 10.3. The van der Waals surface area contributed by atoms with Crippen LogP contribution in [0.2, 0.25) is 5.28 Å². The van der Waals surface area contributed by atoms with E-state index in [0.29, 0.717) is 5.75 Å². The molecule has 2 N–H and O–H groups in total. The van der Waals surface area contributed by atoms with E-state index in [2.05, 4.69) is 15.0 Å². The molecule has 0 aliphatic heterocycles. The van der Waals surface area contributed by atoms with Crippen molar-refractivity contribution in [1.29, 1.82) is 0 Å². The molecule has 6 heteroatoms. The number of benzene rings is 2. The Morgan fingerprint density at radius 2 is 1.48 bits per heavy atom. The molecule has 0 aliphatic rings. The van der Waals surface area contributed by atoms with Crippen molar-refractivity contribution >= 4 is 17.5 Å². The zero-order chi connectivity index (χ0) is 14.7. The molecule has 1 aromatic heterocycles. The molecule has 104 valence electrons. The predicted molar refractivity (Wildman–Crippen MR) is 81.2 cm³/mol. The lowest BCUT2D eigenvalue weighted by Gasteiger charge is -2.06. The number of aromatic nitrogens is 3. The average Bonchev–Trinajstić information content (AvgIpc) is 2.48. The van der Waals surface area contributed by atoms with Crippen molar-refractivity contribution in [3.8, 4) is 22.9 Å². The summed E-state index contributed by atoms with van der Waals surface area (Å²) in [5.41, 5.74) is 7.72. The maximum absolute atomic E-state index is 5.70. The molecule has 21 heavy (non-hydrogen) atoms. The fourth-order valence-corrected chi connectivity index (χ4v) is 2.00. The smallest absolute Gasteiger partial charge is 0.328 e. The highest BCUT2D eigenvalue weighted by Crippen LogP contribution is 2.24. The number of nitrogens with two attached hydrogens (primary N) is 1. The van der Waals surface area contributed by atoms with Gasteiger partial charge in [0.15, 0.2) is 0 Å². The summed E-state index contributed by atoms with van der Waals surface area (Å²) in [7, 11) is 0. The summed E-state index contributed by atoms with van der Waals surface area (Å²) in [4.78, 5) is 11.4. The number of ether oxygens (including phenoxy) is 1. The second kappa shape index (κ2) is 5.76. The fraction of sp³-hybridized carbons (Fsp3) is 0. The number of nitrogens with zero attached hydrogens (tertiary/aromatic N) is 3. The van der Waals surface area contributed by atoms with Crippen LogP contribution in [0.1, 0.15) is 0 Å². The van der Waals surface area contributed by atoms with Crippen molar-refractivity contribution in [2.45, 2.75) is 0 Å². The van der Waals surface area contributed by atoms with E-state index < -0.39 is 0 Å². The summed E-state index contributed by atoms with van der Waals surface area (Å²) in [6.07, 6.45) is 0. The molecule has 0 amide bonds. The number of halogens is 1. The Hall–Kier alpha value is -2.66. The Morgan fingerprint density at radius 1 is 0.810 bits per heavy atom. The molecule has 3 aromatic rings. The molecular formula is C15H11ClN4O. The van der Waals surface area contributed by atoms with Crippen molar-refractivity contribution in [1.82, 2.24) is 15.0 Å². The SMILES string of the molecule is Nc1nc(Cl)nc(Oc2ccc(-c3ccccc3)cc2)n1. The molecule has 0 spiro atoms. The molecule has 2 aromatic carbocycles. The third-order valence-corrected chi connectivity index (χ3v) is 2.94. The lowest BCUT2D eigenvalue weighted by Crippen LogP contribution is -2.00. The highest BCUT2D eigenvalue weighted by molar-refractivity contribution is 6.28. The first-order chi connectivity index (χ1) is 10.2. The molecule has 0 atom stereocenters. The van der Waals surface area contributed by atoms with Crippen molar-refractivity contribution in [3.05, 3.63) is 59.9 Å². The number of anilines is 1. The minimum atomic E-state index is -0.00148. The molecule has 1 heterocycles. The Balaban J connectivity index is 1.81. The van der Waals surface area contributed by atoms with Gasteiger partial charge in [-0.15, -0.1) is 0 Å². The topological polar surface area (TPSA) is 73.9 Å². The van der Waals surface area contributed by atoms with Gasteiger partial charge in [-0.25, -0.2) is 0 Å². The lowest BCUT2D eigenvalue weighted by molar-refractivity contribution is 0.441. The Bertz CT molecular complexity index is 727. The molecule has 5 nitrogen and oxygen atoms in total. The van der Waals surface area contributed by atoms with Gasteiger partial charge in [-0.3, -0.25) is 0 Å².